The maximum absolute atomic E-state index is 5.73. The monoisotopic (exact) mass is 262 g/mol. The molecule has 1 aromatic heterocycles. The van der Waals surface area contributed by atoms with E-state index in [1.807, 2.05) is 6.07 Å². The van der Waals surface area contributed by atoms with Gasteiger partial charge >= 0.3 is 0 Å². The largest absolute Gasteiger partial charge is 0.481 e. The Kier molecular flexibility index (Phi) is 3.21. The number of nitrogen functional groups attached to an aromatic ring is 1. The Morgan fingerprint density at radius 3 is 2.47 bits per heavy atom. The first-order valence-corrected chi connectivity index (χ1v) is 7.14. The molecule has 0 unspecified atom stereocenters. The zero-order valence-corrected chi connectivity index (χ0v) is 11.6. The Morgan fingerprint density at radius 2 is 1.84 bits per heavy atom. The number of methoxy groups -OCH3 is 1. The summed E-state index contributed by atoms with van der Waals surface area (Å²) in [6, 6.07) is 1.88. The second-order valence-electron chi connectivity index (χ2n) is 5.82. The average Bonchev–Trinajstić information content (AvgIpc) is 2.87. The van der Waals surface area contributed by atoms with Crippen LogP contribution in [0.4, 0.5) is 11.8 Å². The van der Waals surface area contributed by atoms with Crippen molar-refractivity contribution in [2.24, 2.45) is 5.41 Å². The smallest absolute Gasteiger partial charge is 0.225 e. The van der Waals surface area contributed by atoms with Gasteiger partial charge in [0.1, 0.15) is 5.82 Å². The molecule has 2 N–H and O–H groups in total. The minimum Gasteiger partial charge on any atom is -0.481 e. The molecule has 2 aliphatic rings. The van der Waals surface area contributed by atoms with Crippen molar-refractivity contribution in [3.8, 4) is 5.88 Å². The van der Waals surface area contributed by atoms with Crippen LogP contribution in [0.25, 0.3) is 0 Å². The van der Waals surface area contributed by atoms with Crippen LogP contribution in [0.15, 0.2) is 6.07 Å². The maximum atomic E-state index is 5.73. The van der Waals surface area contributed by atoms with Crippen LogP contribution in [0.3, 0.4) is 0 Å². The summed E-state index contributed by atoms with van der Waals surface area (Å²) in [5, 5.41) is 0. The lowest BCUT2D eigenvalue weighted by atomic mass is 9.77. The van der Waals surface area contributed by atoms with Crippen LogP contribution in [0, 0.1) is 5.41 Å². The minimum absolute atomic E-state index is 0.288. The molecule has 104 valence electrons. The lowest BCUT2D eigenvalue weighted by molar-refractivity contribution is 0.226. The van der Waals surface area contributed by atoms with Gasteiger partial charge in [0, 0.05) is 19.2 Å². The first-order valence-electron chi connectivity index (χ1n) is 7.14. The first-order chi connectivity index (χ1) is 9.21. The van der Waals surface area contributed by atoms with E-state index in [0.717, 1.165) is 18.9 Å². The normalized spacial score (nSPS) is 21.8. The third kappa shape index (κ3) is 2.46. The van der Waals surface area contributed by atoms with Gasteiger partial charge in [-0.2, -0.15) is 9.97 Å². The topological polar surface area (TPSA) is 64.3 Å². The highest BCUT2D eigenvalue weighted by molar-refractivity contribution is 5.45. The zero-order chi connectivity index (χ0) is 13.3. The fraction of sp³-hybridized carbons (Fsp3) is 0.714. The summed E-state index contributed by atoms with van der Waals surface area (Å²) in [4.78, 5) is 10.7. The highest BCUT2D eigenvalue weighted by Gasteiger charge is 2.37. The van der Waals surface area contributed by atoms with Crippen molar-refractivity contribution < 1.29 is 4.74 Å². The molecule has 19 heavy (non-hydrogen) atoms. The molecule has 0 radical (unpaired) electrons. The molecule has 2 fully saturated rings. The van der Waals surface area contributed by atoms with Gasteiger partial charge in [0.25, 0.3) is 0 Å². The quantitative estimate of drug-likeness (QED) is 0.885. The molecular formula is C14H22N4O. The third-order valence-corrected chi connectivity index (χ3v) is 4.73. The Hall–Kier alpha value is -1.52. The highest BCUT2D eigenvalue weighted by Crippen LogP contribution is 2.46. The fourth-order valence-electron chi connectivity index (χ4n) is 3.53. The van der Waals surface area contributed by atoms with Gasteiger partial charge in [0.15, 0.2) is 0 Å². The predicted octanol–water partition coefficient (Wildman–Crippen LogP) is 2.23. The molecule has 1 aromatic rings. The second kappa shape index (κ2) is 4.87. The van der Waals surface area contributed by atoms with Gasteiger partial charge in [0.05, 0.1) is 7.11 Å². The number of anilines is 2. The van der Waals surface area contributed by atoms with Gasteiger partial charge in [0.2, 0.25) is 11.8 Å². The number of rotatable bonds is 2. The number of hydrogen-bond acceptors (Lipinski definition) is 5. The maximum Gasteiger partial charge on any atom is 0.225 e. The molecule has 0 bridgehead atoms. The Labute approximate surface area is 114 Å². The van der Waals surface area contributed by atoms with E-state index in [2.05, 4.69) is 14.9 Å². The molecule has 1 saturated heterocycles. The van der Waals surface area contributed by atoms with Gasteiger partial charge in [-0.1, -0.05) is 12.8 Å². The van der Waals surface area contributed by atoms with E-state index in [-0.39, 0.29) is 5.95 Å². The van der Waals surface area contributed by atoms with E-state index in [1.165, 1.54) is 38.5 Å². The van der Waals surface area contributed by atoms with Gasteiger partial charge < -0.3 is 15.4 Å². The van der Waals surface area contributed by atoms with Gasteiger partial charge in [-0.25, -0.2) is 0 Å². The summed E-state index contributed by atoms with van der Waals surface area (Å²) in [6.45, 7) is 2.14. The van der Waals surface area contributed by atoms with Crippen LogP contribution >= 0.6 is 0 Å². The molecule has 3 rings (SSSR count). The second-order valence-corrected chi connectivity index (χ2v) is 5.82. The van der Waals surface area contributed by atoms with E-state index < -0.39 is 0 Å². The predicted molar refractivity (Wildman–Crippen MR) is 75.3 cm³/mol. The SMILES string of the molecule is COc1cc(N2CCC3(CCCC3)CC2)nc(N)n1. The average molecular weight is 262 g/mol. The number of hydrogen-bond donors (Lipinski definition) is 1. The summed E-state index contributed by atoms with van der Waals surface area (Å²) in [5.41, 5.74) is 6.35. The Bertz CT molecular complexity index is 447. The molecule has 0 atom stereocenters. The molecule has 1 spiro atoms. The van der Waals surface area contributed by atoms with Crippen LogP contribution in [-0.2, 0) is 0 Å². The highest BCUT2D eigenvalue weighted by atomic mass is 16.5. The fourth-order valence-corrected chi connectivity index (χ4v) is 3.53. The molecule has 0 amide bonds. The number of ether oxygens (including phenoxy) is 1. The van der Waals surface area contributed by atoms with Crippen molar-refractivity contribution in [2.75, 3.05) is 30.8 Å². The van der Waals surface area contributed by atoms with Crippen LogP contribution in [0.1, 0.15) is 38.5 Å². The molecule has 1 aliphatic heterocycles. The molecule has 1 aliphatic carbocycles. The third-order valence-electron chi connectivity index (χ3n) is 4.73. The van der Waals surface area contributed by atoms with Crippen molar-refractivity contribution in [3.05, 3.63) is 6.07 Å². The summed E-state index contributed by atoms with van der Waals surface area (Å²) in [7, 11) is 1.61. The molecule has 1 saturated carbocycles. The molecule has 0 aromatic carbocycles. The summed E-state index contributed by atoms with van der Waals surface area (Å²) in [5.74, 6) is 1.73. The van der Waals surface area contributed by atoms with Gasteiger partial charge in [-0.3, -0.25) is 0 Å². The van der Waals surface area contributed by atoms with Crippen molar-refractivity contribution in [2.45, 2.75) is 38.5 Å². The number of nitrogens with two attached hydrogens (primary N) is 1. The van der Waals surface area contributed by atoms with E-state index in [9.17, 15) is 0 Å². The molecule has 2 heterocycles. The van der Waals surface area contributed by atoms with E-state index >= 15 is 0 Å². The molecular weight excluding hydrogens is 240 g/mol. The lowest BCUT2D eigenvalue weighted by Gasteiger charge is -2.39. The van der Waals surface area contributed by atoms with Gasteiger partial charge in [-0.05, 0) is 31.1 Å². The molecule has 5 heteroatoms. The summed E-state index contributed by atoms with van der Waals surface area (Å²) in [6.07, 6.45) is 8.20. The Morgan fingerprint density at radius 1 is 1.16 bits per heavy atom. The van der Waals surface area contributed by atoms with Crippen molar-refractivity contribution in [3.63, 3.8) is 0 Å². The van der Waals surface area contributed by atoms with Gasteiger partial charge in [-0.15, -0.1) is 0 Å². The zero-order valence-electron chi connectivity index (χ0n) is 11.6. The lowest BCUT2D eigenvalue weighted by Crippen LogP contribution is -2.39. The number of aromatic nitrogens is 2. The minimum atomic E-state index is 0.288. The van der Waals surface area contributed by atoms with Crippen LogP contribution in [0.2, 0.25) is 0 Å². The Balaban J connectivity index is 1.72. The number of nitrogens with zero attached hydrogens (tertiary/aromatic N) is 3. The van der Waals surface area contributed by atoms with Crippen LogP contribution in [-0.4, -0.2) is 30.2 Å². The van der Waals surface area contributed by atoms with E-state index in [4.69, 9.17) is 10.5 Å². The van der Waals surface area contributed by atoms with Crippen LogP contribution in [0.5, 0.6) is 5.88 Å². The standard InChI is InChI=1S/C14H22N4O/c1-19-12-10-11(16-13(15)17-12)18-8-6-14(7-9-18)4-2-3-5-14/h10H,2-9H2,1H3,(H2,15,16,17). The summed E-state index contributed by atoms with van der Waals surface area (Å²) >= 11 is 0. The molecule has 5 nitrogen and oxygen atoms in total. The van der Waals surface area contributed by atoms with Crippen LogP contribution < -0.4 is 15.4 Å². The first kappa shape index (κ1) is 12.5. The van der Waals surface area contributed by atoms with Crippen molar-refractivity contribution in [1.82, 2.24) is 9.97 Å². The van der Waals surface area contributed by atoms with E-state index in [0.29, 0.717) is 11.3 Å². The van der Waals surface area contributed by atoms with Crippen molar-refractivity contribution >= 4 is 11.8 Å². The van der Waals surface area contributed by atoms with E-state index in [1.54, 1.807) is 7.11 Å². The summed E-state index contributed by atoms with van der Waals surface area (Å²) < 4.78 is 5.16. The van der Waals surface area contributed by atoms with Crippen molar-refractivity contribution in [1.29, 1.82) is 0 Å². The number of piperidine rings is 1.